The Balaban J connectivity index is 1.64. The van der Waals surface area contributed by atoms with Gasteiger partial charge in [0.25, 0.3) is 5.91 Å². The fourth-order valence-corrected chi connectivity index (χ4v) is 3.26. The number of halogens is 2. The van der Waals surface area contributed by atoms with Crippen molar-refractivity contribution in [1.82, 2.24) is 0 Å². The van der Waals surface area contributed by atoms with E-state index in [4.69, 9.17) is 27.9 Å². The average Bonchev–Trinajstić information content (AvgIpc) is 2.78. The van der Waals surface area contributed by atoms with Gasteiger partial charge in [0.15, 0.2) is 0 Å². The molecule has 4 nitrogen and oxygen atoms in total. The molecule has 1 amide bonds. The van der Waals surface area contributed by atoms with E-state index in [1.54, 1.807) is 36.4 Å². The molecule has 0 saturated heterocycles. The van der Waals surface area contributed by atoms with Gasteiger partial charge in [-0.05, 0) is 60.0 Å². The lowest BCUT2D eigenvalue weighted by Gasteiger charge is -2.08. The number of carbonyl (C=O) groups excluding carboxylic acids is 1. The van der Waals surface area contributed by atoms with Gasteiger partial charge in [-0.2, -0.15) is 5.26 Å². The van der Waals surface area contributed by atoms with E-state index in [0.717, 1.165) is 12.0 Å². The van der Waals surface area contributed by atoms with E-state index in [-0.39, 0.29) is 5.57 Å². The molecule has 0 saturated carbocycles. The van der Waals surface area contributed by atoms with Crippen LogP contribution in [0.1, 0.15) is 23.6 Å². The van der Waals surface area contributed by atoms with Gasteiger partial charge in [-0.1, -0.05) is 60.5 Å². The first-order chi connectivity index (χ1) is 15.0. The van der Waals surface area contributed by atoms with E-state index < -0.39 is 5.91 Å². The van der Waals surface area contributed by atoms with E-state index in [1.165, 1.54) is 11.6 Å². The van der Waals surface area contributed by atoms with Crippen LogP contribution in [-0.4, -0.2) is 5.91 Å². The predicted octanol–water partition coefficient (Wildman–Crippen LogP) is 6.68. The predicted molar refractivity (Wildman–Crippen MR) is 125 cm³/mol. The van der Waals surface area contributed by atoms with Crippen LogP contribution >= 0.6 is 23.2 Å². The zero-order chi connectivity index (χ0) is 22.2. The number of hydrogen-bond donors (Lipinski definition) is 1. The zero-order valence-corrected chi connectivity index (χ0v) is 18.4. The molecular weight excluding hydrogens is 431 g/mol. The van der Waals surface area contributed by atoms with Crippen LogP contribution in [-0.2, 0) is 17.8 Å². The Labute approximate surface area is 191 Å². The van der Waals surface area contributed by atoms with Crippen molar-refractivity contribution < 1.29 is 9.53 Å². The number of anilines is 1. The number of nitriles is 1. The Bertz CT molecular complexity index is 1130. The molecule has 0 atom stereocenters. The van der Waals surface area contributed by atoms with Crippen LogP contribution in [0, 0.1) is 11.3 Å². The topological polar surface area (TPSA) is 62.1 Å². The molecule has 0 aromatic heterocycles. The summed E-state index contributed by atoms with van der Waals surface area (Å²) in [4.78, 5) is 12.4. The molecule has 0 spiro atoms. The summed E-state index contributed by atoms with van der Waals surface area (Å²) in [5.41, 5.74) is 3.37. The van der Waals surface area contributed by atoms with Crippen LogP contribution in [0.5, 0.6) is 5.75 Å². The van der Waals surface area contributed by atoms with Gasteiger partial charge in [-0.3, -0.25) is 4.79 Å². The third-order valence-corrected chi connectivity index (χ3v) is 5.17. The molecule has 0 radical (unpaired) electrons. The third kappa shape index (κ3) is 6.36. The Hall–Kier alpha value is -3.26. The van der Waals surface area contributed by atoms with Crippen LogP contribution in [0.2, 0.25) is 10.0 Å². The Morgan fingerprint density at radius 1 is 1.06 bits per heavy atom. The first-order valence-electron chi connectivity index (χ1n) is 9.67. The molecule has 3 aromatic rings. The van der Waals surface area contributed by atoms with Crippen LogP contribution in [0.25, 0.3) is 6.08 Å². The number of rotatable bonds is 7. The van der Waals surface area contributed by atoms with Crippen molar-refractivity contribution in [2.75, 3.05) is 5.32 Å². The van der Waals surface area contributed by atoms with Crippen molar-refractivity contribution in [2.24, 2.45) is 0 Å². The maximum absolute atomic E-state index is 12.4. The number of ether oxygens (including phenoxy) is 1. The standard InChI is InChI=1S/C25H20Cl2N2O2/c1-2-17-3-9-22(10-4-17)29-25(30)20(15-28)13-18-5-11-23(12-6-18)31-16-19-7-8-21(26)14-24(19)27/h3-14H,2,16H2,1H3,(H,29,30)/b20-13+. The highest BCUT2D eigenvalue weighted by Crippen LogP contribution is 2.23. The molecule has 0 bridgehead atoms. The van der Waals surface area contributed by atoms with Crippen LogP contribution in [0.15, 0.2) is 72.3 Å². The van der Waals surface area contributed by atoms with E-state index >= 15 is 0 Å². The molecule has 3 rings (SSSR count). The Morgan fingerprint density at radius 2 is 1.77 bits per heavy atom. The highest BCUT2D eigenvalue weighted by molar-refractivity contribution is 6.35. The minimum Gasteiger partial charge on any atom is -0.489 e. The van der Waals surface area contributed by atoms with E-state index in [9.17, 15) is 10.1 Å². The van der Waals surface area contributed by atoms with Crippen LogP contribution in [0.3, 0.4) is 0 Å². The number of aryl methyl sites for hydroxylation is 1. The minimum atomic E-state index is -0.454. The molecular formula is C25H20Cl2N2O2. The number of hydrogen-bond acceptors (Lipinski definition) is 3. The average molecular weight is 451 g/mol. The number of nitrogens with zero attached hydrogens (tertiary/aromatic N) is 1. The molecule has 156 valence electrons. The lowest BCUT2D eigenvalue weighted by atomic mass is 10.1. The minimum absolute atomic E-state index is 0.0150. The monoisotopic (exact) mass is 450 g/mol. The van der Waals surface area contributed by atoms with Crippen molar-refractivity contribution >= 4 is 40.9 Å². The Morgan fingerprint density at radius 3 is 2.39 bits per heavy atom. The molecule has 3 aromatic carbocycles. The zero-order valence-electron chi connectivity index (χ0n) is 16.9. The molecule has 0 heterocycles. The SMILES string of the molecule is CCc1ccc(NC(=O)/C(C#N)=C/c2ccc(OCc3ccc(Cl)cc3Cl)cc2)cc1. The molecule has 6 heteroatoms. The molecule has 0 fully saturated rings. The van der Waals surface area contributed by atoms with Gasteiger partial charge in [-0.15, -0.1) is 0 Å². The van der Waals surface area contributed by atoms with Gasteiger partial charge in [0.2, 0.25) is 0 Å². The van der Waals surface area contributed by atoms with Crippen molar-refractivity contribution in [3.63, 3.8) is 0 Å². The molecule has 0 unspecified atom stereocenters. The summed E-state index contributed by atoms with van der Waals surface area (Å²) in [6, 6.07) is 21.8. The normalized spacial score (nSPS) is 11.0. The smallest absolute Gasteiger partial charge is 0.266 e. The van der Waals surface area contributed by atoms with Crippen LogP contribution < -0.4 is 10.1 Å². The molecule has 0 aliphatic rings. The quantitative estimate of drug-likeness (QED) is 0.322. The van der Waals surface area contributed by atoms with Gasteiger partial charge in [0.05, 0.1) is 0 Å². The second-order valence-corrected chi connectivity index (χ2v) is 7.61. The summed E-state index contributed by atoms with van der Waals surface area (Å²) in [6.45, 7) is 2.36. The van der Waals surface area contributed by atoms with E-state index in [0.29, 0.717) is 33.7 Å². The number of carbonyl (C=O) groups is 1. The third-order valence-electron chi connectivity index (χ3n) is 4.59. The van der Waals surface area contributed by atoms with Crippen molar-refractivity contribution in [3.8, 4) is 11.8 Å². The number of nitrogens with one attached hydrogen (secondary N) is 1. The van der Waals surface area contributed by atoms with Gasteiger partial charge in [0.1, 0.15) is 24.0 Å². The second kappa shape index (κ2) is 10.7. The second-order valence-electron chi connectivity index (χ2n) is 6.77. The highest BCUT2D eigenvalue weighted by atomic mass is 35.5. The van der Waals surface area contributed by atoms with Gasteiger partial charge >= 0.3 is 0 Å². The summed E-state index contributed by atoms with van der Waals surface area (Å²) >= 11 is 12.1. The summed E-state index contributed by atoms with van der Waals surface area (Å²) in [5, 5.41) is 13.3. The first kappa shape index (κ1) is 22.4. The number of amides is 1. The van der Waals surface area contributed by atoms with Gasteiger partial charge in [-0.25, -0.2) is 0 Å². The maximum atomic E-state index is 12.4. The molecule has 1 N–H and O–H groups in total. The molecule has 0 aliphatic heterocycles. The fraction of sp³-hybridized carbons (Fsp3) is 0.120. The first-order valence-corrected chi connectivity index (χ1v) is 10.4. The van der Waals surface area contributed by atoms with Crippen molar-refractivity contribution in [1.29, 1.82) is 5.26 Å². The summed E-state index contributed by atoms with van der Waals surface area (Å²) in [5.74, 6) is 0.187. The van der Waals surface area contributed by atoms with E-state index in [2.05, 4.69) is 12.2 Å². The highest BCUT2D eigenvalue weighted by Gasteiger charge is 2.10. The lowest BCUT2D eigenvalue weighted by molar-refractivity contribution is -0.112. The lowest BCUT2D eigenvalue weighted by Crippen LogP contribution is -2.13. The number of benzene rings is 3. The molecule has 0 aliphatic carbocycles. The summed E-state index contributed by atoms with van der Waals surface area (Å²) < 4.78 is 5.75. The summed E-state index contributed by atoms with van der Waals surface area (Å²) in [7, 11) is 0. The van der Waals surface area contributed by atoms with Crippen molar-refractivity contribution in [3.05, 3.63) is 99.0 Å². The van der Waals surface area contributed by atoms with E-state index in [1.807, 2.05) is 36.4 Å². The Kier molecular flexibility index (Phi) is 7.72. The summed E-state index contributed by atoms with van der Waals surface area (Å²) in [6.07, 6.45) is 2.46. The van der Waals surface area contributed by atoms with Gasteiger partial charge in [0, 0.05) is 21.3 Å². The van der Waals surface area contributed by atoms with Crippen molar-refractivity contribution in [2.45, 2.75) is 20.0 Å². The largest absolute Gasteiger partial charge is 0.489 e. The fourth-order valence-electron chi connectivity index (χ4n) is 2.80. The molecule has 31 heavy (non-hydrogen) atoms. The maximum Gasteiger partial charge on any atom is 0.266 e. The van der Waals surface area contributed by atoms with Gasteiger partial charge < -0.3 is 10.1 Å². The van der Waals surface area contributed by atoms with Crippen LogP contribution in [0.4, 0.5) is 5.69 Å².